The van der Waals surface area contributed by atoms with Crippen LogP contribution in [0.15, 0.2) is 30.9 Å². The van der Waals surface area contributed by atoms with Crippen molar-refractivity contribution in [3.8, 4) is 11.5 Å². The van der Waals surface area contributed by atoms with Crippen LogP contribution in [0.1, 0.15) is 24.5 Å². The highest BCUT2D eigenvalue weighted by Crippen LogP contribution is 2.31. The van der Waals surface area contributed by atoms with Gasteiger partial charge in [-0.1, -0.05) is 12.1 Å². The lowest BCUT2D eigenvalue weighted by Gasteiger charge is -2.13. The summed E-state index contributed by atoms with van der Waals surface area (Å²) in [6.45, 7) is 3.63. The van der Waals surface area contributed by atoms with E-state index >= 15 is 0 Å². The molecule has 0 aromatic heterocycles. The van der Waals surface area contributed by atoms with Gasteiger partial charge in [-0.15, -0.1) is 6.58 Å². The summed E-state index contributed by atoms with van der Waals surface area (Å²) in [5, 5.41) is 9.89. The van der Waals surface area contributed by atoms with E-state index in [1.54, 1.807) is 32.4 Å². The molecule has 0 aliphatic carbocycles. The number of methoxy groups -OCH3 is 2. The molecule has 0 spiro atoms. The SMILES string of the molecule is C=CCCC(O)c1ccc(OC)c(OC)c1. The monoisotopic (exact) mass is 222 g/mol. The highest BCUT2D eigenvalue weighted by Gasteiger charge is 2.10. The van der Waals surface area contributed by atoms with Gasteiger partial charge in [-0.05, 0) is 30.5 Å². The van der Waals surface area contributed by atoms with E-state index in [4.69, 9.17) is 9.47 Å². The molecule has 3 nitrogen and oxygen atoms in total. The third-order valence-corrected chi connectivity index (χ3v) is 2.44. The van der Waals surface area contributed by atoms with E-state index in [9.17, 15) is 5.11 Å². The van der Waals surface area contributed by atoms with Crippen LogP contribution in [0.4, 0.5) is 0 Å². The highest BCUT2D eigenvalue weighted by molar-refractivity contribution is 5.43. The van der Waals surface area contributed by atoms with E-state index in [1.807, 2.05) is 6.07 Å². The number of rotatable bonds is 6. The van der Waals surface area contributed by atoms with Crippen molar-refractivity contribution >= 4 is 0 Å². The Morgan fingerprint density at radius 3 is 2.56 bits per heavy atom. The Bertz CT molecular complexity index is 347. The molecule has 0 aliphatic rings. The Kier molecular flexibility index (Phi) is 4.86. The third-order valence-electron chi connectivity index (χ3n) is 2.44. The minimum absolute atomic E-state index is 0.488. The largest absolute Gasteiger partial charge is 0.493 e. The average Bonchev–Trinajstić information content (AvgIpc) is 2.34. The maximum absolute atomic E-state index is 9.89. The minimum Gasteiger partial charge on any atom is -0.493 e. The fourth-order valence-corrected chi connectivity index (χ4v) is 1.50. The summed E-state index contributed by atoms with van der Waals surface area (Å²) in [7, 11) is 3.17. The molecule has 0 saturated heterocycles. The number of aliphatic hydroxyl groups is 1. The zero-order valence-corrected chi connectivity index (χ0v) is 9.77. The first-order chi connectivity index (χ1) is 7.72. The van der Waals surface area contributed by atoms with Crippen molar-refractivity contribution in [3.05, 3.63) is 36.4 Å². The molecular weight excluding hydrogens is 204 g/mol. The van der Waals surface area contributed by atoms with Crippen LogP contribution in [0.3, 0.4) is 0 Å². The minimum atomic E-state index is -0.488. The van der Waals surface area contributed by atoms with E-state index in [-0.39, 0.29) is 0 Å². The molecule has 0 amide bonds. The topological polar surface area (TPSA) is 38.7 Å². The molecule has 16 heavy (non-hydrogen) atoms. The van der Waals surface area contributed by atoms with Gasteiger partial charge in [0.15, 0.2) is 11.5 Å². The van der Waals surface area contributed by atoms with Crippen LogP contribution in [0, 0.1) is 0 Å². The molecule has 1 aromatic carbocycles. The number of hydrogen-bond donors (Lipinski definition) is 1. The summed E-state index contributed by atoms with van der Waals surface area (Å²) in [6, 6.07) is 5.44. The van der Waals surface area contributed by atoms with Crippen molar-refractivity contribution in [3.63, 3.8) is 0 Å². The lowest BCUT2D eigenvalue weighted by molar-refractivity contribution is 0.168. The Labute approximate surface area is 96.3 Å². The summed E-state index contributed by atoms with van der Waals surface area (Å²) in [6.07, 6.45) is 2.76. The molecule has 0 heterocycles. The van der Waals surface area contributed by atoms with E-state index < -0.39 is 6.10 Å². The fourth-order valence-electron chi connectivity index (χ4n) is 1.50. The number of hydrogen-bond acceptors (Lipinski definition) is 3. The lowest BCUT2D eigenvalue weighted by Crippen LogP contribution is -1.98. The molecule has 1 unspecified atom stereocenters. The van der Waals surface area contributed by atoms with Gasteiger partial charge >= 0.3 is 0 Å². The van der Waals surface area contributed by atoms with Gasteiger partial charge in [-0.2, -0.15) is 0 Å². The van der Waals surface area contributed by atoms with E-state index in [1.165, 1.54) is 0 Å². The van der Waals surface area contributed by atoms with Gasteiger partial charge in [0, 0.05) is 0 Å². The van der Waals surface area contributed by atoms with Crippen molar-refractivity contribution in [2.75, 3.05) is 14.2 Å². The van der Waals surface area contributed by atoms with Gasteiger partial charge in [-0.3, -0.25) is 0 Å². The average molecular weight is 222 g/mol. The van der Waals surface area contributed by atoms with Crippen LogP contribution in [0.25, 0.3) is 0 Å². The molecule has 0 bridgehead atoms. The Hall–Kier alpha value is -1.48. The van der Waals surface area contributed by atoms with Crippen molar-refractivity contribution in [1.82, 2.24) is 0 Å². The quantitative estimate of drug-likeness (QED) is 0.752. The van der Waals surface area contributed by atoms with E-state index in [2.05, 4.69) is 6.58 Å². The van der Waals surface area contributed by atoms with E-state index in [0.29, 0.717) is 17.9 Å². The Morgan fingerprint density at radius 1 is 1.31 bits per heavy atom. The molecular formula is C13H18O3. The molecule has 0 radical (unpaired) electrons. The van der Waals surface area contributed by atoms with Crippen LogP contribution >= 0.6 is 0 Å². The second-order valence-electron chi connectivity index (χ2n) is 3.50. The van der Waals surface area contributed by atoms with Crippen LogP contribution in [-0.4, -0.2) is 19.3 Å². The Morgan fingerprint density at radius 2 is 2.00 bits per heavy atom. The predicted octanol–water partition coefficient (Wildman–Crippen LogP) is 2.70. The van der Waals surface area contributed by atoms with Crippen molar-refractivity contribution in [2.45, 2.75) is 18.9 Å². The Balaban J connectivity index is 2.85. The summed E-state index contributed by atoms with van der Waals surface area (Å²) in [5.74, 6) is 1.31. The second kappa shape index (κ2) is 6.18. The second-order valence-corrected chi connectivity index (χ2v) is 3.50. The molecule has 88 valence electrons. The van der Waals surface area contributed by atoms with Crippen LogP contribution < -0.4 is 9.47 Å². The molecule has 3 heteroatoms. The molecule has 0 saturated carbocycles. The summed E-state index contributed by atoms with van der Waals surface area (Å²) >= 11 is 0. The van der Waals surface area contributed by atoms with Gasteiger partial charge in [0.25, 0.3) is 0 Å². The zero-order chi connectivity index (χ0) is 12.0. The summed E-state index contributed by atoms with van der Waals surface area (Å²) in [4.78, 5) is 0. The predicted molar refractivity (Wildman–Crippen MR) is 63.9 cm³/mol. The number of allylic oxidation sites excluding steroid dienone is 1. The fraction of sp³-hybridized carbons (Fsp3) is 0.385. The van der Waals surface area contributed by atoms with Crippen LogP contribution in [0.5, 0.6) is 11.5 Å². The van der Waals surface area contributed by atoms with Crippen LogP contribution in [0.2, 0.25) is 0 Å². The zero-order valence-electron chi connectivity index (χ0n) is 9.77. The van der Waals surface area contributed by atoms with Crippen LogP contribution in [-0.2, 0) is 0 Å². The first kappa shape index (κ1) is 12.6. The first-order valence-corrected chi connectivity index (χ1v) is 5.23. The first-order valence-electron chi connectivity index (χ1n) is 5.23. The normalized spacial score (nSPS) is 11.9. The highest BCUT2D eigenvalue weighted by atomic mass is 16.5. The standard InChI is InChI=1S/C13H18O3/c1-4-5-6-11(14)10-7-8-12(15-2)13(9-10)16-3/h4,7-9,11,14H,1,5-6H2,2-3H3. The lowest BCUT2D eigenvalue weighted by atomic mass is 10.0. The summed E-state index contributed by atoms with van der Waals surface area (Å²) in [5.41, 5.74) is 0.833. The van der Waals surface area contributed by atoms with Crippen molar-refractivity contribution in [2.24, 2.45) is 0 Å². The maximum Gasteiger partial charge on any atom is 0.161 e. The molecule has 1 atom stereocenters. The van der Waals surface area contributed by atoms with Crippen molar-refractivity contribution in [1.29, 1.82) is 0 Å². The third kappa shape index (κ3) is 3.00. The number of benzene rings is 1. The molecule has 1 rings (SSSR count). The van der Waals surface area contributed by atoms with Gasteiger partial charge < -0.3 is 14.6 Å². The number of ether oxygens (including phenoxy) is 2. The maximum atomic E-state index is 9.89. The number of aliphatic hydroxyl groups excluding tert-OH is 1. The molecule has 0 aliphatic heterocycles. The van der Waals surface area contributed by atoms with Gasteiger partial charge in [-0.25, -0.2) is 0 Å². The van der Waals surface area contributed by atoms with Gasteiger partial charge in [0.2, 0.25) is 0 Å². The van der Waals surface area contributed by atoms with E-state index in [0.717, 1.165) is 12.0 Å². The summed E-state index contributed by atoms with van der Waals surface area (Å²) < 4.78 is 10.3. The molecule has 1 N–H and O–H groups in total. The molecule has 1 aromatic rings. The molecule has 0 fully saturated rings. The van der Waals surface area contributed by atoms with Gasteiger partial charge in [0.05, 0.1) is 20.3 Å². The van der Waals surface area contributed by atoms with Crippen molar-refractivity contribution < 1.29 is 14.6 Å². The smallest absolute Gasteiger partial charge is 0.161 e. The van der Waals surface area contributed by atoms with Gasteiger partial charge in [0.1, 0.15) is 0 Å².